The van der Waals surface area contributed by atoms with Crippen LogP contribution >= 0.6 is 15.9 Å². The molecule has 1 fully saturated rings. The highest BCUT2D eigenvalue weighted by atomic mass is 79.9. The number of hydrogen-bond donors (Lipinski definition) is 0. The average molecular weight is 461 g/mol. The number of ether oxygens (including phenoxy) is 1. The molecule has 3 aromatic heterocycles. The SMILES string of the molecule is CN1CCC(n2cc(-c3cn(C(=O)OC(C)(C)C)c4ncc(Br)nc34)cn2)CC1. The largest absolute Gasteiger partial charge is 0.443 e. The molecule has 29 heavy (non-hydrogen) atoms. The number of piperidine rings is 1. The van der Waals surface area contributed by atoms with Gasteiger partial charge in [-0.15, -0.1) is 0 Å². The molecule has 9 heteroatoms. The monoisotopic (exact) mass is 460 g/mol. The van der Waals surface area contributed by atoms with Gasteiger partial charge in [0, 0.05) is 23.5 Å². The van der Waals surface area contributed by atoms with Crippen molar-refractivity contribution < 1.29 is 9.53 Å². The van der Waals surface area contributed by atoms with Gasteiger partial charge in [0.05, 0.1) is 18.4 Å². The van der Waals surface area contributed by atoms with Gasteiger partial charge in [0.2, 0.25) is 0 Å². The molecule has 0 saturated carbocycles. The van der Waals surface area contributed by atoms with Crippen LogP contribution in [0, 0.1) is 0 Å². The fourth-order valence-electron chi connectivity index (χ4n) is 3.57. The van der Waals surface area contributed by atoms with Crippen LogP contribution in [-0.4, -0.2) is 61.0 Å². The van der Waals surface area contributed by atoms with E-state index in [-0.39, 0.29) is 0 Å². The molecule has 0 aliphatic carbocycles. The number of nitrogens with zero attached hydrogens (tertiary/aromatic N) is 6. The van der Waals surface area contributed by atoms with E-state index in [1.54, 1.807) is 12.4 Å². The highest BCUT2D eigenvalue weighted by molar-refractivity contribution is 9.10. The Morgan fingerprint density at radius 1 is 1.21 bits per heavy atom. The number of aromatic nitrogens is 5. The first-order valence-electron chi connectivity index (χ1n) is 9.71. The van der Waals surface area contributed by atoms with Crippen LogP contribution in [0.25, 0.3) is 22.3 Å². The Hall–Kier alpha value is -2.26. The lowest BCUT2D eigenvalue weighted by molar-refractivity contribution is 0.0543. The molecule has 0 aromatic carbocycles. The molecule has 3 aromatic rings. The fraction of sp³-hybridized carbons (Fsp3) is 0.500. The van der Waals surface area contributed by atoms with Crippen molar-refractivity contribution >= 4 is 33.2 Å². The summed E-state index contributed by atoms with van der Waals surface area (Å²) < 4.78 is 9.60. The Morgan fingerprint density at radius 2 is 1.93 bits per heavy atom. The highest BCUT2D eigenvalue weighted by Gasteiger charge is 2.24. The van der Waals surface area contributed by atoms with Crippen LogP contribution in [0.1, 0.15) is 39.7 Å². The van der Waals surface area contributed by atoms with Crippen molar-refractivity contribution in [3.05, 3.63) is 29.4 Å². The molecule has 4 rings (SSSR count). The first-order chi connectivity index (χ1) is 13.7. The van der Waals surface area contributed by atoms with Crippen molar-refractivity contribution in [3.8, 4) is 11.1 Å². The molecule has 8 nitrogen and oxygen atoms in total. The molecule has 1 aliphatic rings. The zero-order chi connectivity index (χ0) is 20.8. The Labute approximate surface area is 178 Å². The van der Waals surface area contributed by atoms with Crippen LogP contribution in [0.5, 0.6) is 0 Å². The second kappa shape index (κ2) is 7.53. The van der Waals surface area contributed by atoms with E-state index in [1.807, 2.05) is 37.8 Å². The number of carbonyl (C=O) groups excluding carboxylic acids is 1. The van der Waals surface area contributed by atoms with Gasteiger partial charge < -0.3 is 9.64 Å². The summed E-state index contributed by atoms with van der Waals surface area (Å²) in [7, 11) is 2.15. The summed E-state index contributed by atoms with van der Waals surface area (Å²) in [5.74, 6) is 0. The molecule has 0 spiro atoms. The Bertz CT molecular complexity index is 1040. The van der Waals surface area contributed by atoms with Gasteiger partial charge in [-0.3, -0.25) is 4.68 Å². The highest BCUT2D eigenvalue weighted by Crippen LogP contribution is 2.31. The number of fused-ring (bicyclic) bond motifs is 1. The second-order valence-corrected chi connectivity index (χ2v) is 9.31. The summed E-state index contributed by atoms with van der Waals surface area (Å²) >= 11 is 3.38. The van der Waals surface area contributed by atoms with Crippen LogP contribution in [-0.2, 0) is 4.74 Å². The normalized spacial score (nSPS) is 16.4. The molecule has 0 amide bonds. The summed E-state index contributed by atoms with van der Waals surface area (Å²) in [6.45, 7) is 7.65. The van der Waals surface area contributed by atoms with E-state index in [4.69, 9.17) is 4.74 Å². The van der Waals surface area contributed by atoms with Crippen LogP contribution < -0.4 is 0 Å². The molecule has 0 atom stereocenters. The Morgan fingerprint density at radius 3 is 2.62 bits per heavy atom. The quantitative estimate of drug-likeness (QED) is 0.572. The van der Waals surface area contributed by atoms with Crippen molar-refractivity contribution in [2.45, 2.75) is 45.3 Å². The van der Waals surface area contributed by atoms with E-state index in [1.165, 1.54) is 4.57 Å². The van der Waals surface area contributed by atoms with Gasteiger partial charge in [-0.2, -0.15) is 5.10 Å². The minimum atomic E-state index is -0.602. The molecule has 154 valence electrons. The predicted octanol–water partition coefficient (Wildman–Crippen LogP) is 4.11. The van der Waals surface area contributed by atoms with E-state index < -0.39 is 11.7 Å². The van der Waals surface area contributed by atoms with Crippen molar-refractivity contribution in [1.29, 1.82) is 0 Å². The summed E-state index contributed by atoms with van der Waals surface area (Å²) in [5.41, 5.74) is 2.20. The fourth-order valence-corrected chi connectivity index (χ4v) is 3.85. The van der Waals surface area contributed by atoms with Gasteiger partial charge in [0.25, 0.3) is 0 Å². The lowest BCUT2D eigenvalue weighted by Gasteiger charge is -2.28. The summed E-state index contributed by atoms with van der Waals surface area (Å²) in [5, 5.41) is 4.60. The number of carbonyl (C=O) groups is 1. The van der Waals surface area contributed by atoms with Gasteiger partial charge in [-0.05, 0) is 69.7 Å². The number of hydrogen-bond acceptors (Lipinski definition) is 6. The number of rotatable bonds is 2. The smallest absolute Gasteiger partial charge is 0.420 e. The lowest BCUT2D eigenvalue weighted by atomic mass is 10.1. The Kier molecular flexibility index (Phi) is 5.20. The van der Waals surface area contributed by atoms with Gasteiger partial charge in [-0.25, -0.2) is 19.3 Å². The third-order valence-corrected chi connectivity index (χ3v) is 5.41. The topological polar surface area (TPSA) is 78.1 Å². The van der Waals surface area contributed by atoms with Gasteiger partial charge in [0.15, 0.2) is 5.65 Å². The summed E-state index contributed by atoms with van der Waals surface area (Å²) in [4.78, 5) is 24.0. The van der Waals surface area contributed by atoms with Gasteiger partial charge in [0.1, 0.15) is 15.7 Å². The first kappa shape index (κ1) is 20.0. The minimum Gasteiger partial charge on any atom is -0.443 e. The first-order valence-corrected chi connectivity index (χ1v) is 10.5. The maximum Gasteiger partial charge on any atom is 0.420 e. The van der Waals surface area contributed by atoms with Crippen LogP contribution in [0.3, 0.4) is 0 Å². The van der Waals surface area contributed by atoms with Gasteiger partial charge in [-0.1, -0.05) is 0 Å². The summed E-state index contributed by atoms with van der Waals surface area (Å²) in [6, 6.07) is 0.386. The standard InChI is InChI=1S/C20H25BrN6O2/c1-20(2,3)29-19(28)26-12-15(17-18(26)22-10-16(21)24-17)13-9-23-27(11-13)14-5-7-25(4)8-6-14/h9-12,14H,5-8H2,1-4H3. The van der Waals surface area contributed by atoms with E-state index in [2.05, 4.69) is 42.9 Å². The van der Waals surface area contributed by atoms with E-state index in [0.717, 1.165) is 37.1 Å². The molecule has 4 heterocycles. The predicted molar refractivity (Wildman–Crippen MR) is 114 cm³/mol. The van der Waals surface area contributed by atoms with Crippen molar-refractivity contribution in [2.75, 3.05) is 20.1 Å². The maximum atomic E-state index is 12.7. The van der Waals surface area contributed by atoms with Gasteiger partial charge >= 0.3 is 6.09 Å². The average Bonchev–Trinajstić information content (AvgIpc) is 3.25. The van der Waals surface area contributed by atoms with Crippen LogP contribution in [0.15, 0.2) is 29.4 Å². The third kappa shape index (κ3) is 4.20. The zero-order valence-electron chi connectivity index (χ0n) is 17.1. The molecule has 0 N–H and O–H groups in total. The Balaban J connectivity index is 1.72. The molecule has 0 bridgehead atoms. The van der Waals surface area contributed by atoms with Crippen molar-refractivity contribution in [2.24, 2.45) is 0 Å². The maximum absolute atomic E-state index is 12.7. The molecule has 1 aliphatic heterocycles. The lowest BCUT2D eigenvalue weighted by Crippen LogP contribution is -2.31. The number of likely N-dealkylation sites (tertiary alicyclic amines) is 1. The third-order valence-electron chi connectivity index (χ3n) is 5.03. The van der Waals surface area contributed by atoms with Crippen molar-refractivity contribution in [1.82, 2.24) is 29.2 Å². The van der Waals surface area contributed by atoms with Crippen molar-refractivity contribution in [3.63, 3.8) is 0 Å². The zero-order valence-corrected chi connectivity index (χ0v) is 18.7. The molecular weight excluding hydrogens is 436 g/mol. The van der Waals surface area contributed by atoms with E-state index >= 15 is 0 Å². The van der Waals surface area contributed by atoms with E-state index in [9.17, 15) is 4.79 Å². The van der Waals surface area contributed by atoms with E-state index in [0.29, 0.717) is 21.8 Å². The summed E-state index contributed by atoms with van der Waals surface area (Å²) in [6.07, 6.45) is 8.84. The van der Waals surface area contributed by atoms with Crippen LogP contribution in [0.4, 0.5) is 4.79 Å². The van der Waals surface area contributed by atoms with Crippen LogP contribution in [0.2, 0.25) is 0 Å². The molecule has 0 unspecified atom stereocenters. The minimum absolute atomic E-state index is 0.386. The molecule has 1 saturated heterocycles. The number of halogens is 1. The molecule has 0 radical (unpaired) electrons. The molecular formula is C20H25BrN6O2. The second-order valence-electron chi connectivity index (χ2n) is 8.50.